The molecule has 0 rings (SSSR count). The van der Waals surface area contributed by atoms with E-state index in [2.05, 4.69) is 6.58 Å². The Balaban J connectivity index is 3.45. The number of rotatable bonds is 14. The molecule has 0 unspecified atom stereocenters. The number of esters is 1. The Labute approximate surface area is 140 Å². The third-order valence-corrected chi connectivity index (χ3v) is 3.36. The van der Waals surface area contributed by atoms with Crippen LogP contribution in [0.15, 0.2) is 24.4 Å². The van der Waals surface area contributed by atoms with Gasteiger partial charge < -0.3 is 20.1 Å². The molecular formula is C15H24N2O5S. The van der Waals surface area contributed by atoms with Crippen molar-refractivity contribution in [2.24, 2.45) is 5.73 Å². The third kappa shape index (κ3) is 13.6. The van der Waals surface area contributed by atoms with Gasteiger partial charge in [0.1, 0.15) is 6.61 Å². The molecule has 0 atom stereocenters. The molecule has 0 fully saturated rings. The molecule has 2 amide bonds. The van der Waals surface area contributed by atoms with E-state index < -0.39 is 5.91 Å². The lowest BCUT2D eigenvalue weighted by Gasteiger charge is -2.11. The van der Waals surface area contributed by atoms with Gasteiger partial charge in [0, 0.05) is 42.5 Å². The van der Waals surface area contributed by atoms with Crippen LogP contribution >= 0.6 is 11.8 Å². The fourth-order valence-electron chi connectivity index (χ4n) is 1.32. The maximum atomic E-state index is 11.1. The van der Waals surface area contributed by atoms with E-state index in [1.807, 2.05) is 0 Å². The van der Waals surface area contributed by atoms with Gasteiger partial charge in [-0.2, -0.15) is 11.8 Å². The molecule has 2 N–H and O–H groups in total. The van der Waals surface area contributed by atoms with Gasteiger partial charge in [0.25, 0.3) is 0 Å². The number of carbonyl (C=O) groups is 3. The average Bonchev–Trinajstić information content (AvgIpc) is 2.51. The molecule has 0 saturated heterocycles. The van der Waals surface area contributed by atoms with Crippen LogP contribution in [0, 0.1) is 0 Å². The standard InChI is InChI=1S/C15H24N2O5S/c1-13(2)15(20)22-9-11-23-10-8-21-7-3-5-17(12-18)6-4-14(16)19/h4,6,12H,1,3,5,7-11H2,2H3,(H2,16,19)/b6-4-. The first-order chi connectivity index (χ1) is 11.0. The molecule has 23 heavy (non-hydrogen) atoms. The lowest BCUT2D eigenvalue weighted by molar-refractivity contribution is -0.138. The fourth-order valence-corrected chi connectivity index (χ4v) is 1.96. The number of hydrogen-bond acceptors (Lipinski definition) is 6. The van der Waals surface area contributed by atoms with E-state index in [4.69, 9.17) is 15.2 Å². The van der Waals surface area contributed by atoms with E-state index in [9.17, 15) is 14.4 Å². The molecule has 0 aromatic heterocycles. The minimum atomic E-state index is -0.598. The molecule has 0 heterocycles. The Morgan fingerprint density at radius 3 is 2.57 bits per heavy atom. The number of hydrogen-bond donors (Lipinski definition) is 1. The van der Waals surface area contributed by atoms with Crippen molar-refractivity contribution >= 4 is 30.0 Å². The van der Waals surface area contributed by atoms with Crippen molar-refractivity contribution in [1.29, 1.82) is 0 Å². The fraction of sp³-hybridized carbons (Fsp3) is 0.533. The average molecular weight is 344 g/mol. The summed E-state index contributed by atoms with van der Waals surface area (Å²) in [4.78, 5) is 33.7. The summed E-state index contributed by atoms with van der Waals surface area (Å²) < 4.78 is 10.4. The van der Waals surface area contributed by atoms with Gasteiger partial charge in [0.2, 0.25) is 12.3 Å². The molecule has 0 aliphatic rings. The molecular weight excluding hydrogens is 320 g/mol. The number of nitrogens with zero attached hydrogens (tertiary/aromatic N) is 1. The number of ether oxygens (including phenoxy) is 2. The highest BCUT2D eigenvalue weighted by Gasteiger charge is 2.02. The van der Waals surface area contributed by atoms with Gasteiger partial charge in [0.05, 0.1) is 6.61 Å². The second-order valence-corrected chi connectivity index (χ2v) is 5.78. The lowest BCUT2D eigenvalue weighted by Crippen LogP contribution is -2.19. The molecule has 0 radical (unpaired) electrons. The molecule has 0 saturated carbocycles. The van der Waals surface area contributed by atoms with Gasteiger partial charge >= 0.3 is 5.97 Å². The molecule has 0 aliphatic heterocycles. The number of carbonyl (C=O) groups excluding carboxylic acids is 3. The highest BCUT2D eigenvalue weighted by molar-refractivity contribution is 7.99. The summed E-state index contributed by atoms with van der Waals surface area (Å²) in [6, 6.07) is 0. The largest absolute Gasteiger partial charge is 0.461 e. The molecule has 0 bridgehead atoms. The van der Waals surface area contributed by atoms with Gasteiger partial charge in [0.15, 0.2) is 0 Å². The number of primary amides is 1. The molecule has 0 spiro atoms. The maximum absolute atomic E-state index is 11.1. The van der Waals surface area contributed by atoms with Crippen LogP contribution in [0.1, 0.15) is 13.3 Å². The van der Waals surface area contributed by atoms with Crippen LogP contribution in [-0.2, 0) is 23.9 Å². The molecule has 0 aliphatic carbocycles. The third-order valence-electron chi connectivity index (χ3n) is 2.45. The Morgan fingerprint density at radius 2 is 1.96 bits per heavy atom. The summed E-state index contributed by atoms with van der Waals surface area (Å²) in [6.45, 7) is 7.01. The monoisotopic (exact) mass is 344 g/mol. The van der Waals surface area contributed by atoms with E-state index in [-0.39, 0.29) is 5.97 Å². The van der Waals surface area contributed by atoms with Crippen LogP contribution in [0.3, 0.4) is 0 Å². The van der Waals surface area contributed by atoms with Crippen LogP contribution in [0.2, 0.25) is 0 Å². The van der Waals surface area contributed by atoms with Crippen molar-refractivity contribution in [2.75, 3.05) is 37.9 Å². The molecule has 0 aromatic rings. The normalized spacial score (nSPS) is 10.5. The number of amides is 2. The number of nitrogens with two attached hydrogens (primary N) is 1. The van der Waals surface area contributed by atoms with E-state index in [1.165, 1.54) is 11.1 Å². The predicted octanol–water partition coefficient (Wildman–Crippen LogP) is 0.703. The van der Waals surface area contributed by atoms with Gasteiger partial charge in [-0.3, -0.25) is 9.59 Å². The van der Waals surface area contributed by atoms with E-state index in [1.54, 1.807) is 18.7 Å². The summed E-state index contributed by atoms with van der Waals surface area (Å²) in [5, 5.41) is 0. The second kappa shape index (κ2) is 13.8. The topological polar surface area (TPSA) is 98.9 Å². The summed E-state index contributed by atoms with van der Waals surface area (Å²) >= 11 is 1.63. The Kier molecular flexibility index (Phi) is 12.8. The van der Waals surface area contributed by atoms with Gasteiger partial charge in [-0.05, 0) is 13.3 Å². The Hall–Kier alpha value is -1.80. The minimum Gasteiger partial charge on any atom is -0.461 e. The van der Waals surface area contributed by atoms with Gasteiger partial charge in [-0.15, -0.1) is 0 Å². The van der Waals surface area contributed by atoms with E-state index in [0.29, 0.717) is 50.5 Å². The summed E-state index contributed by atoms with van der Waals surface area (Å²) in [6.07, 6.45) is 3.76. The van der Waals surface area contributed by atoms with Crippen LogP contribution in [0.25, 0.3) is 0 Å². The van der Waals surface area contributed by atoms with Crippen molar-refractivity contribution < 1.29 is 23.9 Å². The Morgan fingerprint density at radius 1 is 1.26 bits per heavy atom. The summed E-state index contributed by atoms with van der Waals surface area (Å²) in [5.74, 6) is 0.536. The minimum absolute atomic E-state index is 0.358. The van der Waals surface area contributed by atoms with Crippen LogP contribution < -0.4 is 5.73 Å². The van der Waals surface area contributed by atoms with Crippen LogP contribution in [-0.4, -0.2) is 61.1 Å². The zero-order valence-corrected chi connectivity index (χ0v) is 14.2. The first-order valence-electron chi connectivity index (χ1n) is 7.14. The summed E-state index contributed by atoms with van der Waals surface area (Å²) in [7, 11) is 0. The molecule has 0 aromatic carbocycles. The highest BCUT2D eigenvalue weighted by atomic mass is 32.2. The first-order valence-corrected chi connectivity index (χ1v) is 8.29. The molecule has 7 nitrogen and oxygen atoms in total. The quantitative estimate of drug-likeness (QED) is 0.216. The van der Waals surface area contributed by atoms with Crippen molar-refractivity contribution in [3.8, 4) is 0 Å². The van der Waals surface area contributed by atoms with Gasteiger partial charge in [-0.25, -0.2) is 4.79 Å². The van der Waals surface area contributed by atoms with Crippen molar-refractivity contribution in [3.63, 3.8) is 0 Å². The van der Waals surface area contributed by atoms with Crippen LogP contribution in [0.4, 0.5) is 0 Å². The lowest BCUT2D eigenvalue weighted by atomic mass is 10.4. The molecule has 130 valence electrons. The Bertz CT molecular complexity index is 426. The van der Waals surface area contributed by atoms with E-state index >= 15 is 0 Å². The van der Waals surface area contributed by atoms with Crippen molar-refractivity contribution in [1.82, 2.24) is 4.90 Å². The zero-order chi connectivity index (χ0) is 17.5. The zero-order valence-electron chi connectivity index (χ0n) is 13.4. The van der Waals surface area contributed by atoms with Gasteiger partial charge in [-0.1, -0.05) is 6.58 Å². The predicted molar refractivity (Wildman–Crippen MR) is 89.6 cm³/mol. The SMILES string of the molecule is C=C(C)C(=O)OCCSCCOCCCN(C=O)/C=C\C(N)=O. The van der Waals surface area contributed by atoms with Crippen molar-refractivity contribution in [3.05, 3.63) is 24.4 Å². The second-order valence-electron chi connectivity index (χ2n) is 4.56. The highest BCUT2D eigenvalue weighted by Crippen LogP contribution is 2.01. The number of thioether (sulfide) groups is 1. The molecule has 8 heteroatoms. The smallest absolute Gasteiger partial charge is 0.333 e. The van der Waals surface area contributed by atoms with Crippen molar-refractivity contribution in [2.45, 2.75) is 13.3 Å². The summed E-state index contributed by atoms with van der Waals surface area (Å²) in [5.41, 5.74) is 5.34. The first kappa shape index (κ1) is 21.2. The van der Waals surface area contributed by atoms with Crippen LogP contribution in [0.5, 0.6) is 0 Å². The van der Waals surface area contributed by atoms with E-state index in [0.717, 1.165) is 11.8 Å². The maximum Gasteiger partial charge on any atom is 0.333 e.